The Morgan fingerprint density at radius 1 is 1.45 bits per heavy atom. The second-order valence-corrected chi connectivity index (χ2v) is 6.70. The molecule has 0 spiro atoms. The number of hydrogen-bond acceptors (Lipinski definition) is 3. The van der Waals surface area contributed by atoms with Crippen LogP contribution in [0, 0.1) is 0 Å². The van der Waals surface area contributed by atoms with E-state index in [0.29, 0.717) is 16.5 Å². The predicted octanol–water partition coefficient (Wildman–Crippen LogP) is 4.34. The number of nitrogens with zero attached hydrogens (tertiary/aromatic N) is 2. The highest BCUT2D eigenvalue weighted by Crippen LogP contribution is 2.29. The van der Waals surface area contributed by atoms with Gasteiger partial charge in [0.05, 0.1) is 16.1 Å². The first-order chi connectivity index (χ1) is 9.17. The number of aryl methyl sites for hydroxylation is 1. The van der Waals surface area contributed by atoms with Gasteiger partial charge in [-0.15, -0.1) is 0 Å². The van der Waals surface area contributed by atoms with Gasteiger partial charge in [0.2, 0.25) is 5.95 Å². The van der Waals surface area contributed by atoms with E-state index in [4.69, 9.17) is 16.3 Å². The molecule has 108 valence electrons. The number of hydrogen-bond donors (Lipinski definition) is 1. The Hall–Kier alpha value is -1.27. The van der Waals surface area contributed by atoms with Crippen LogP contribution in [0.2, 0.25) is 5.02 Å². The maximum atomic E-state index is 11.8. The van der Waals surface area contributed by atoms with Crippen molar-refractivity contribution in [1.82, 2.24) is 9.55 Å². The van der Waals surface area contributed by atoms with E-state index >= 15 is 0 Å². The molecule has 0 bridgehead atoms. The summed E-state index contributed by atoms with van der Waals surface area (Å²) in [4.78, 5) is 16.1. The van der Waals surface area contributed by atoms with Crippen LogP contribution in [0.4, 0.5) is 10.7 Å². The molecule has 5 nitrogen and oxygen atoms in total. The lowest BCUT2D eigenvalue weighted by atomic mass is 10.2. The van der Waals surface area contributed by atoms with E-state index in [1.165, 1.54) is 0 Å². The molecule has 2 aromatic rings. The number of amides is 1. The minimum Gasteiger partial charge on any atom is -0.444 e. The number of aromatic nitrogens is 2. The standard InChI is InChI=1S/C13H15BrClN3O2/c1-13(2,3)20-12(19)17-11-16-9-6-7(14)5-8(15)10(9)18(11)4/h5-6H,1-4H3,(H,16,17,19). The van der Waals surface area contributed by atoms with Crippen LogP contribution >= 0.6 is 27.5 Å². The molecular weight excluding hydrogens is 346 g/mol. The normalized spacial score (nSPS) is 11.7. The molecule has 0 saturated heterocycles. The molecule has 7 heteroatoms. The van der Waals surface area contributed by atoms with E-state index in [2.05, 4.69) is 26.2 Å². The van der Waals surface area contributed by atoms with Gasteiger partial charge in [0.15, 0.2) is 0 Å². The fourth-order valence-electron chi connectivity index (χ4n) is 1.77. The fourth-order valence-corrected chi connectivity index (χ4v) is 2.69. The summed E-state index contributed by atoms with van der Waals surface area (Å²) in [5.41, 5.74) is 0.883. The Bertz CT molecular complexity index is 676. The third kappa shape index (κ3) is 3.24. The average molecular weight is 361 g/mol. The van der Waals surface area contributed by atoms with Crippen molar-refractivity contribution in [2.75, 3.05) is 5.32 Å². The fraction of sp³-hybridized carbons (Fsp3) is 0.385. The summed E-state index contributed by atoms with van der Waals surface area (Å²) < 4.78 is 7.75. The van der Waals surface area contributed by atoms with E-state index in [-0.39, 0.29) is 0 Å². The van der Waals surface area contributed by atoms with Gasteiger partial charge in [0.25, 0.3) is 0 Å². The lowest BCUT2D eigenvalue weighted by molar-refractivity contribution is 0.0634. The SMILES string of the molecule is Cn1c(NC(=O)OC(C)(C)C)nc2cc(Br)cc(Cl)c21. The van der Waals surface area contributed by atoms with Gasteiger partial charge in [-0.05, 0) is 32.9 Å². The van der Waals surface area contributed by atoms with Gasteiger partial charge >= 0.3 is 6.09 Å². The first-order valence-electron chi connectivity index (χ1n) is 5.99. The molecule has 0 unspecified atom stereocenters. The number of ether oxygens (including phenoxy) is 1. The van der Waals surface area contributed by atoms with Crippen LogP contribution in [0.1, 0.15) is 20.8 Å². The van der Waals surface area contributed by atoms with Crippen molar-refractivity contribution in [1.29, 1.82) is 0 Å². The van der Waals surface area contributed by atoms with Gasteiger partial charge in [0.1, 0.15) is 5.60 Å². The summed E-state index contributed by atoms with van der Waals surface area (Å²) in [6, 6.07) is 3.62. The number of carbonyl (C=O) groups excluding carboxylic acids is 1. The van der Waals surface area contributed by atoms with Crippen LogP contribution in [-0.2, 0) is 11.8 Å². The van der Waals surface area contributed by atoms with Crippen molar-refractivity contribution in [3.63, 3.8) is 0 Å². The molecule has 0 radical (unpaired) electrons. The van der Waals surface area contributed by atoms with Crippen molar-refractivity contribution in [2.24, 2.45) is 7.05 Å². The summed E-state index contributed by atoms with van der Waals surface area (Å²) in [7, 11) is 1.78. The van der Waals surface area contributed by atoms with Gasteiger partial charge in [-0.2, -0.15) is 0 Å². The number of nitrogens with one attached hydrogen (secondary N) is 1. The molecule has 2 rings (SSSR count). The number of rotatable bonds is 1. The molecule has 0 fully saturated rings. The monoisotopic (exact) mass is 359 g/mol. The van der Waals surface area contributed by atoms with Gasteiger partial charge in [-0.3, -0.25) is 5.32 Å². The highest BCUT2D eigenvalue weighted by molar-refractivity contribution is 9.10. The molecule has 1 amide bonds. The number of anilines is 1. The summed E-state index contributed by atoms with van der Waals surface area (Å²) in [5, 5.41) is 3.18. The lowest BCUT2D eigenvalue weighted by Crippen LogP contribution is -2.28. The topological polar surface area (TPSA) is 56.2 Å². The molecule has 1 heterocycles. The van der Waals surface area contributed by atoms with Crippen molar-refractivity contribution in [2.45, 2.75) is 26.4 Å². The van der Waals surface area contributed by atoms with Crippen molar-refractivity contribution in [3.8, 4) is 0 Å². The van der Waals surface area contributed by atoms with E-state index in [1.807, 2.05) is 6.07 Å². The Kier molecular flexibility index (Phi) is 3.97. The van der Waals surface area contributed by atoms with Crippen molar-refractivity contribution in [3.05, 3.63) is 21.6 Å². The molecule has 0 aliphatic rings. The van der Waals surface area contributed by atoms with E-state index in [9.17, 15) is 4.79 Å². The molecule has 0 aliphatic heterocycles. The molecule has 0 aliphatic carbocycles. The predicted molar refractivity (Wildman–Crippen MR) is 83.3 cm³/mol. The third-order valence-corrected chi connectivity index (χ3v) is 3.25. The Morgan fingerprint density at radius 2 is 2.10 bits per heavy atom. The third-order valence-electron chi connectivity index (χ3n) is 2.50. The van der Waals surface area contributed by atoms with E-state index in [0.717, 1.165) is 9.99 Å². The molecule has 1 aromatic heterocycles. The van der Waals surface area contributed by atoms with Crippen LogP contribution in [0.15, 0.2) is 16.6 Å². The second-order valence-electron chi connectivity index (χ2n) is 5.38. The first kappa shape index (κ1) is 15.1. The summed E-state index contributed by atoms with van der Waals surface area (Å²) >= 11 is 9.55. The number of imidazole rings is 1. The summed E-state index contributed by atoms with van der Waals surface area (Å²) in [6.07, 6.45) is -0.550. The average Bonchev–Trinajstić information content (AvgIpc) is 2.52. The Morgan fingerprint density at radius 3 is 2.70 bits per heavy atom. The Balaban J connectivity index is 2.34. The van der Waals surface area contributed by atoms with Crippen LogP contribution in [0.25, 0.3) is 11.0 Å². The maximum Gasteiger partial charge on any atom is 0.414 e. The molecule has 1 aromatic carbocycles. The largest absolute Gasteiger partial charge is 0.444 e. The van der Waals surface area contributed by atoms with Gasteiger partial charge in [0, 0.05) is 11.5 Å². The number of halogens is 2. The molecule has 1 N–H and O–H groups in total. The Labute approximate surface area is 130 Å². The molecule has 20 heavy (non-hydrogen) atoms. The zero-order chi connectivity index (χ0) is 15.1. The summed E-state index contributed by atoms with van der Waals surface area (Å²) in [5.74, 6) is 0.384. The molecule has 0 atom stereocenters. The highest BCUT2D eigenvalue weighted by Gasteiger charge is 2.19. The zero-order valence-electron chi connectivity index (χ0n) is 11.6. The number of fused-ring (bicyclic) bond motifs is 1. The first-order valence-corrected chi connectivity index (χ1v) is 7.16. The van der Waals surface area contributed by atoms with E-state index in [1.54, 1.807) is 38.5 Å². The van der Waals surface area contributed by atoms with E-state index < -0.39 is 11.7 Å². The van der Waals surface area contributed by atoms with Crippen LogP contribution in [-0.4, -0.2) is 21.2 Å². The van der Waals surface area contributed by atoms with Gasteiger partial charge < -0.3 is 9.30 Å². The second kappa shape index (κ2) is 5.26. The van der Waals surface area contributed by atoms with Crippen LogP contribution in [0.3, 0.4) is 0 Å². The molecule has 0 saturated carbocycles. The maximum absolute atomic E-state index is 11.8. The van der Waals surface area contributed by atoms with Crippen LogP contribution in [0.5, 0.6) is 0 Å². The van der Waals surface area contributed by atoms with Gasteiger partial charge in [-0.1, -0.05) is 27.5 Å². The number of carbonyl (C=O) groups is 1. The van der Waals surface area contributed by atoms with Crippen molar-refractivity contribution >= 4 is 50.6 Å². The van der Waals surface area contributed by atoms with Gasteiger partial charge in [-0.25, -0.2) is 9.78 Å². The highest BCUT2D eigenvalue weighted by atomic mass is 79.9. The quantitative estimate of drug-likeness (QED) is 0.823. The van der Waals surface area contributed by atoms with Crippen molar-refractivity contribution < 1.29 is 9.53 Å². The zero-order valence-corrected chi connectivity index (χ0v) is 14.0. The lowest BCUT2D eigenvalue weighted by Gasteiger charge is -2.19. The molecular formula is C13H15BrClN3O2. The minimum atomic E-state index is -0.560. The number of benzene rings is 1. The minimum absolute atomic E-state index is 0.384. The van der Waals surface area contributed by atoms with Crippen LogP contribution < -0.4 is 5.32 Å². The smallest absolute Gasteiger partial charge is 0.414 e. The summed E-state index contributed by atoms with van der Waals surface area (Å²) in [6.45, 7) is 5.40.